The van der Waals surface area contributed by atoms with Crippen molar-refractivity contribution in [3.63, 3.8) is 0 Å². The molecule has 1 aliphatic rings. The Morgan fingerprint density at radius 1 is 1.15 bits per heavy atom. The number of nitrogens with two attached hydrogens (primary N) is 1. The number of benzene rings is 1. The number of halogens is 2. The highest BCUT2D eigenvalue weighted by atomic mass is 35.5. The molecule has 0 saturated heterocycles. The number of hydrogen-bond donors (Lipinski definition) is 2. The van der Waals surface area contributed by atoms with Crippen molar-refractivity contribution in [2.45, 2.75) is 43.5 Å². The van der Waals surface area contributed by atoms with Gasteiger partial charge in [0.25, 0.3) is 0 Å². The molecule has 0 radical (unpaired) electrons. The first kappa shape index (κ1) is 15.9. The van der Waals surface area contributed by atoms with Crippen molar-refractivity contribution in [2.75, 3.05) is 5.73 Å². The van der Waals surface area contributed by atoms with Crippen LogP contribution in [0.2, 0.25) is 10.0 Å². The SMILES string of the molecule is CC1CCC(NS(=O)(=O)c2c(Cl)cc(N)cc2Cl)CC1. The predicted molar refractivity (Wildman–Crippen MR) is 82.6 cm³/mol. The number of sulfonamides is 1. The van der Waals surface area contributed by atoms with Gasteiger partial charge < -0.3 is 5.73 Å². The normalized spacial score (nSPS) is 23.8. The summed E-state index contributed by atoms with van der Waals surface area (Å²) >= 11 is 12.0. The molecule has 1 aromatic rings. The lowest BCUT2D eigenvalue weighted by Crippen LogP contribution is -2.37. The highest BCUT2D eigenvalue weighted by molar-refractivity contribution is 7.89. The van der Waals surface area contributed by atoms with Gasteiger partial charge in [0.1, 0.15) is 4.90 Å². The van der Waals surface area contributed by atoms with Gasteiger partial charge in [-0.25, -0.2) is 13.1 Å². The lowest BCUT2D eigenvalue weighted by atomic mass is 9.88. The minimum atomic E-state index is -3.72. The van der Waals surface area contributed by atoms with Crippen molar-refractivity contribution >= 4 is 38.9 Å². The molecule has 0 unspecified atom stereocenters. The van der Waals surface area contributed by atoms with Crippen LogP contribution in [0.1, 0.15) is 32.6 Å². The minimum absolute atomic E-state index is 0.0478. The lowest BCUT2D eigenvalue weighted by Gasteiger charge is -2.27. The van der Waals surface area contributed by atoms with Gasteiger partial charge in [0.05, 0.1) is 10.0 Å². The molecule has 0 bridgehead atoms. The highest BCUT2D eigenvalue weighted by Gasteiger charge is 2.27. The Hall–Kier alpha value is -0.490. The molecule has 4 nitrogen and oxygen atoms in total. The van der Waals surface area contributed by atoms with E-state index in [9.17, 15) is 8.42 Å². The average Bonchev–Trinajstić information content (AvgIpc) is 2.30. The molecule has 1 aromatic carbocycles. The largest absolute Gasteiger partial charge is 0.399 e. The number of hydrogen-bond acceptors (Lipinski definition) is 3. The van der Waals surface area contributed by atoms with E-state index in [1.165, 1.54) is 12.1 Å². The van der Waals surface area contributed by atoms with Crippen molar-refractivity contribution in [1.29, 1.82) is 0 Å². The molecular weight excluding hydrogens is 319 g/mol. The Bertz CT molecular complexity index is 573. The van der Waals surface area contributed by atoms with Crippen LogP contribution in [0.25, 0.3) is 0 Å². The number of nitrogen functional groups attached to an aromatic ring is 1. The Labute approximate surface area is 129 Å². The summed E-state index contributed by atoms with van der Waals surface area (Å²) in [6.45, 7) is 2.18. The molecule has 1 saturated carbocycles. The van der Waals surface area contributed by atoms with Gasteiger partial charge in [-0.3, -0.25) is 0 Å². The van der Waals surface area contributed by atoms with Gasteiger partial charge in [0, 0.05) is 11.7 Å². The van der Waals surface area contributed by atoms with E-state index in [4.69, 9.17) is 28.9 Å². The third kappa shape index (κ3) is 3.58. The van der Waals surface area contributed by atoms with Crippen molar-refractivity contribution in [3.8, 4) is 0 Å². The molecule has 0 amide bonds. The standard InChI is InChI=1S/C13H18Cl2N2O2S/c1-8-2-4-10(5-3-8)17-20(18,19)13-11(14)6-9(16)7-12(13)15/h6-8,10,17H,2-5,16H2,1H3. The molecule has 0 spiro atoms. The second-order valence-electron chi connectivity index (χ2n) is 5.39. The zero-order valence-electron chi connectivity index (χ0n) is 11.2. The average molecular weight is 337 g/mol. The maximum Gasteiger partial charge on any atom is 0.243 e. The zero-order valence-corrected chi connectivity index (χ0v) is 13.5. The van der Waals surface area contributed by atoms with Crippen LogP contribution in [-0.2, 0) is 10.0 Å². The van der Waals surface area contributed by atoms with Crippen LogP contribution in [0.3, 0.4) is 0 Å². The van der Waals surface area contributed by atoms with E-state index in [1.54, 1.807) is 0 Å². The molecule has 0 atom stereocenters. The zero-order chi connectivity index (χ0) is 14.9. The van der Waals surface area contributed by atoms with Gasteiger partial charge in [0.15, 0.2) is 0 Å². The molecule has 2 rings (SSSR count). The van der Waals surface area contributed by atoms with Gasteiger partial charge in [-0.05, 0) is 43.7 Å². The third-order valence-electron chi connectivity index (χ3n) is 3.63. The van der Waals surface area contributed by atoms with Crippen molar-refractivity contribution in [2.24, 2.45) is 5.92 Å². The van der Waals surface area contributed by atoms with Gasteiger partial charge in [-0.2, -0.15) is 0 Å². The monoisotopic (exact) mass is 336 g/mol. The molecule has 20 heavy (non-hydrogen) atoms. The van der Waals surface area contributed by atoms with Gasteiger partial charge >= 0.3 is 0 Å². The molecule has 112 valence electrons. The second kappa shape index (κ2) is 6.10. The number of anilines is 1. The number of rotatable bonds is 3. The first-order chi connectivity index (χ1) is 9.29. The molecule has 0 heterocycles. The van der Waals surface area contributed by atoms with Crippen LogP contribution in [0.5, 0.6) is 0 Å². The Morgan fingerprint density at radius 3 is 2.15 bits per heavy atom. The molecule has 3 N–H and O–H groups in total. The fourth-order valence-corrected chi connectivity index (χ4v) is 5.03. The highest BCUT2D eigenvalue weighted by Crippen LogP contribution is 2.33. The summed E-state index contributed by atoms with van der Waals surface area (Å²) in [6.07, 6.45) is 3.72. The summed E-state index contributed by atoms with van der Waals surface area (Å²) in [5, 5.41) is 0.0957. The summed E-state index contributed by atoms with van der Waals surface area (Å²) in [5.74, 6) is 0.652. The van der Waals surface area contributed by atoms with E-state index in [0.29, 0.717) is 11.6 Å². The quantitative estimate of drug-likeness (QED) is 0.830. The molecule has 0 aromatic heterocycles. The van der Waals surface area contributed by atoms with Crippen molar-refractivity contribution < 1.29 is 8.42 Å². The molecule has 1 aliphatic carbocycles. The Morgan fingerprint density at radius 2 is 1.65 bits per heavy atom. The van der Waals surface area contributed by atoms with Gasteiger partial charge in [-0.1, -0.05) is 30.1 Å². The maximum absolute atomic E-state index is 12.4. The van der Waals surface area contributed by atoms with Crippen molar-refractivity contribution in [3.05, 3.63) is 22.2 Å². The van der Waals surface area contributed by atoms with Gasteiger partial charge in [0.2, 0.25) is 10.0 Å². The van der Waals surface area contributed by atoms with E-state index in [1.807, 2.05) is 0 Å². The maximum atomic E-state index is 12.4. The topological polar surface area (TPSA) is 72.2 Å². The summed E-state index contributed by atoms with van der Waals surface area (Å²) in [7, 11) is -3.72. The van der Waals surface area contributed by atoms with Crippen LogP contribution in [0.4, 0.5) is 5.69 Å². The fraction of sp³-hybridized carbons (Fsp3) is 0.538. The lowest BCUT2D eigenvalue weighted by molar-refractivity contribution is 0.332. The van der Waals surface area contributed by atoms with Crippen LogP contribution >= 0.6 is 23.2 Å². The minimum Gasteiger partial charge on any atom is -0.399 e. The Kier molecular flexibility index (Phi) is 4.84. The number of nitrogens with one attached hydrogen (secondary N) is 1. The van der Waals surface area contributed by atoms with Crippen LogP contribution in [0, 0.1) is 5.92 Å². The van der Waals surface area contributed by atoms with E-state index >= 15 is 0 Å². The summed E-state index contributed by atoms with van der Waals surface area (Å²) in [5.41, 5.74) is 5.93. The first-order valence-corrected chi connectivity index (χ1v) is 8.80. The predicted octanol–water partition coefficient (Wildman–Crippen LogP) is 3.43. The van der Waals surface area contributed by atoms with Crippen LogP contribution in [0.15, 0.2) is 17.0 Å². The van der Waals surface area contributed by atoms with E-state index in [-0.39, 0.29) is 21.0 Å². The van der Waals surface area contributed by atoms with E-state index in [2.05, 4.69) is 11.6 Å². The molecule has 0 aliphatic heterocycles. The fourth-order valence-electron chi connectivity index (χ4n) is 2.49. The van der Waals surface area contributed by atoms with Gasteiger partial charge in [-0.15, -0.1) is 0 Å². The third-order valence-corrected chi connectivity index (χ3v) is 6.07. The smallest absolute Gasteiger partial charge is 0.243 e. The van der Waals surface area contributed by atoms with Crippen LogP contribution in [-0.4, -0.2) is 14.5 Å². The summed E-state index contributed by atoms with van der Waals surface area (Å²) in [4.78, 5) is -0.0892. The first-order valence-electron chi connectivity index (χ1n) is 6.56. The Balaban J connectivity index is 2.23. The molecular formula is C13H18Cl2N2O2S. The van der Waals surface area contributed by atoms with Crippen LogP contribution < -0.4 is 10.5 Å². The molecule has 7 heteroatoms. The summed E-state index contributed by atoms with van der Waals surface area (Å²) < 4.78 is 27.5. The van der Waals surface area contributed by atoms with E-state index < -0.39 is 10.0 Å². The van der Waals surface area contributed by atoms with E-state index in [0.717, 1.165) is 25.7 Å². The van der Waals surface area contributed by atoms with Crippen molar-refractivity contribution in [1.82, 2.24) is 4.72 Å². The molecule has 1 fully saturated rings. The second-order valence-corrected chi connectivity index (χ2v) is 7.86. The summed E-state index contributed by atoms with van der Waals surface area (Å²) in [6, 6.07) is 2.73.